The van der Waals surface area contributed by atoms with Crippen LogP contribution < -0.4 is 16.2 Å². The van der Waals surface area contributed by atoms with Crippen molar-refractivity contribution < 1.29 is 4.74 Å². The molecule has 0 saturated heterocycles. The highest BCUT2D eigenvalue weighted by molar-refractivity contribution is 7.99. The zero-order valence-electron chi connectivity index (χ0n) is 7.46. The number of ether oxygens (including phenoxy) is 1. The van der Waals surface area contributed by atoms with Crippen LogP contribution in [0, 0.1) is 6.92 Å². The molecular formula is C9H12N2OS. The fourth-order valence-corrected chi connectivity index (χ4v) is 2.38. The van der Waals surface area contributed by atoms with Gasteiger partial charge in [-0.25, -0.2) is 0 Å². The number of anilines is 2. The lowest BCUT2D eigenvalue weighted by molar-refractivity contribution is 0.332. The minimum atomic E-state index is 0.689. The molecular weight excluding hydrogens is 184 g/mol. The van der Waals surface area contributed by atoms with Gasteiger partial charge in [-0.15, -0.1) is 11.8 Å². The van der Waals surface area contributed by atoms with Crippen LogP contribution in [-0.4, -0.2) is 12.4 Å². The van der Waals surface area contributed by atoms with Crippen LogP contribution in [0.2, 0.25) is 0 Å². The van der Waals surface area contributed by atoms with Crippen LogP contribution in [0.15, 0.2) is 11.0 Å². The number of hydrogen-bond donors (Lipinski definition) is 2. The van der Waals surface area contributed by atoms with E-state index in [0.717, 1.165) is 27.6 Å². The predicted octanol–water partition coefficient (Wildman–Crippen LogP) is 1.64. The maximum absolute atomic E-state index is 5.92. The van der Waals surface area contributed by atoms with Gasteiger partial charge in [-0.1, -0.05) is 0 Å². The van der Waals surface area contributed by atoms with Gasteiger partial charge in [0.25, 0.3) is 0 Å². The van der Waals surface area contributed by atoms with E-state index < -0.39 is 0 Å². The number of nitrogen functional groups attached to an aromatic ring is 2. The number of benzene rings is 1. The Morgan fingerprint density at radius 1 is 1.46 bits per heavy atom. The zero-order chi connectivity index (χ0) is 9.42. The van der Waals surface area contributed by atoms with Gasteiger partial charge >= 0.3 is 0 Å². The third-order valence-electron chi connectivity index (χ3n) is 2.09. The Labute approximate surface area is 81.4 Å². The molecule has 70 valence electrons. The number of fused-ring (bicyclic) bond motifs is 1. The Hall–Kier alpha value is -1.03. The van der Waals surface area contributed by atoms with Crippen LogP contribution in [0.25, 0.3) is 0 Å². The second-order valence-electron chi connectivity index (χ2n) is 3.05. The maximum Gasteiger partial charge on any atom is 0.157 e. The molecule has 1 heterocycles. The van der Waals surface area contributed by atoms with Crippen molar-refractivity contribution in [2.45, 2.75) is 11.8 Å². The first-order chi connectivity index (χ1) is 6.20. The Morgan fingerprint density at radius 2 is 2.23 bits per heavy atom. The van der Waals surface area contributed by atoms with E-state index in [1.807, 2.05) is 13.0 Å². The van der Waals surface area contributed by atoms with Gasteiger partial charge in [0.1, 0.15) is 0 Å². The van der Waals surface area contributed by atoms with E-state index in [-0.39, 0.29) is 0 Å². The fourth-order valence-electron chi connectivity index (χ4n) is 1.39. The SMILES string of the molecule is Cc1cc(N)c2c(c1N)SCCO2. The molecule has 1 aromatic rings. The zero-order valence-corrected chi connectivity index (χ0v) is 8.28. The molecule has 1 aromatic carbocycles. The molecule has 2 rings (SSSR count). The van der Waals surface area contributed by atoms with Crippen molar-refractivity contribution in [2.75, 3.05) is 23.8 Å². The molecule has 3 nitrogen and oxygen atoms in total. The van der Waals surface area contributed by atoms with E-state index in [2.05, 4.69) is 0 Å². The van der Waals surface area contributed by atoms with Gasteiger partial charge < -0.3 is 16.2 Å². The second kappa shape index (κ2) is 3.03. The van der Waals surface area contributed by atoms with Crippen molar-refractivity contribution in [2.24, 2.45) is 0 Å². The molecule has 0 atom stereocenters. The van der Waals surface area contributed by atoms with Gasteiger partial charge in [0.2, 0.25) is 0 Å². The molecule has 0 radical (unpaired) electrons. The first-order valence-corrected chi connectivity index (χ1v) is 5.13. The van der Waals surface area contributed by atoms with Crippen LogP contribution in [-0.2, 0) is 0 Å². The third kappa shape index (κ3) is 1.31. The van der Waals surface area contributed by atoms with E-state index in [4.69, 9.17) is 16.2 Å². The predicted molar refractivity (Wildman–Crippen MR) is 56.2 cm³/mol. The van der Waals surface area contributed by atoms with Crippen LogP contribution in [0.1, 0.15) is 5.56 Å². The fraction of sp³-hybridized carbons (Fsp3) is 0.333. The largest absolute Gasteiger partial charge is 0.489 e. The Kier molecular flexibility index (Phi) is 2.00. The Bertz CT molecular complexity index is 352. The molecule has 1 aliphatic heterocycles. The lowest BCUT2D eigenvalue weighted by Crippen LogP contribution is -2.11. The summed E-state index contributed by atoms with van der Waals surface area (Å²) in [6.45, 7) is 2.67. The lowest BCUT2D eigenvalue weighted by atomic mass is 10.1. The summed E-state index contributed by atoms with van der Waals surface area (Å²) in [6, 6.07) is 1.86. The van der Waals surface area contributed by atoms with Crippen molar-refractivity contribution in [3.8, 4) is 5.75 Å². The smallest absolute Gasteiger partial charge is 0.157 e. The molecule has 4 heteroatoms. The normalized spacial score (nSPS) is 14.8. The molecule has 13 heavy (non-hydrogen) atoms. The summed E-state index contributed by atoms with van der Waals surface area (Å²) in [5, 5.41) is 0. The number of hydrogen-bond acceptors (Lipinski definition) is 4. The van der Waals surface area contributed by atoms with Gasteiger partial charge in [-0.2, -0.15) is 0 Å². The van der Waals surface area contributed by atoms with E-state index in [1.54, 1.807) is 11.8 Å². The van der Waals surface area contributed by atoms with Gasteiger partial charge in [0.15, 0.2) is 5.75 Å². The third-order valence-corrected chi connectivity index (χ3v) is 3.15. The number of nitrogens with two attached hydrogens (primary N) is 2. The molecule has 0 spiro atoms. The van der Waals surface area contributed by atoms with Gasteiger partial charge in [0.05, 0.1) is 22.9 Å². The van der Waals surface area contributed by atoms with E-state index in [9.17, 15) is 0 Å². The maximum atomic E-state index is 5.92. The molecule has 1 aliphatic rings. The molecule has 0 unspecified atom stereocenters. The molecule has 4 N–H and O–H groups in total. The van der Waals surface area contributed by atoms with E-state index >= 15 is 0 Å². The van der Waals surface area contributed by atoms with Crippen LogP contribution >= 0.6 is 11.8 Å². The summed E-state index contributed by atoms with van der Waals surface area (Å²) in [7, 11) is 0. The molecule has 0 saturated carbocycles. The monoisotopic (exact) mass is 196 g/mol. The minimum absolute atomic E-state index is 0.689. The Balaban J connectivity index is 2.63. The average molecular weight is 196 g/mol. The highest BCUT2D eigenvalue weighted by Gasteiger charge is 2.18. The number of rotatable bonds is 0. The highest BCUT2D eigenvalue weighted by atomic mass is 32.2. The second-order valence-corrected chi connectivity index (χ2v) is 4.16. The first-order valence-electron chi connectivity index (χ1n) is 4.14. The number of aryl methyl sites for hydroxylation is 1. The van der Waals surface area contributed by atoms with Crippen molar-refractivity contribution in [3.05, 3.63) is 11.6 Å². The molecule has 0 bridgehead atoms. The van der Waals surface area contributed by atoms with Crippen molar-refractivity contribution in [1.29, 1.82) is 0 Å². The molecule has 0 aromatic heterocycles. The average Bonchev–Trinajstić information content (AvgIpc) is 2.15. The lowest BCUT2D eigenvalue weighted by Gasteiger charge is -2.21. The van der Waals surface area contributed by atoms with Gasteiger partial charge in [0, 0.05) is 5.75 Å². The molecule has 0 fully saturated rings. The topological polar surface area (TPSA) is 61.3 Å². The summed E-state index contributed by atoms with van der Waals surface area (Å²) >= 11 is 1.71. The summed E-state index contributed by atoms with van der Waals surface area (Å²) in [5.41, 5.74) is 14.2. The van der Waals surface area contributed by atoms with E-state index in [1.165, 1.54) is 0 Å². The summed E-state index contributed by atoms with van der Waals surface area (Å²) < 4.78 is 5.46. The quantitative estimate of drug-likeness (QED) is 0.619. The molecule has 0 aliphatic carbocycles. The van der Waals surface area contributed by atoms with Crippen molar-refractivity contribution in [3.63, 3.8) is 0 Å². The standard InChI is InChI=1S/C9H12N2OS/c1-5-4-6(10)8-9(7(5)11)13-3-2-12-8/h4H,2-3,10-11H2,1H3. The summed E-state index contributed by atoms with van der Waals surface area (Å²) in [5.74, 6) is 1.71. The Morgan fingerprint density at radius 3 is 3.00 bits per heavy atom. The van der Waals surface area contributed by atoms with Crippen LogP contribution in [0.4, 0.5) is 11.4 Å². The molecule has 0 amide bonds. The van der Waals surface area contributed by atoms with Gasteiger partial charge in [-0.3, -0.25) is 0 Å². The van der Waals surface area contributed by atoms with E-state index in [0.29, 0.717) is 12.3 Å². The minimum Gasteiger partial charge on any atom is -0.489 e. The van der Waals surface area contributed by atoms with Crippen molar-refractivity contribution >= 4 is 23.1 Å². The summed E-state index contributed by atoms with van der Waals surface area (Å²) in [4.78, 5) is 1.00. The van der Waals surface area contributed by atoms with Crippen molar-refractivity contribution in [1.82, 2.24) is 0 Å². The first kappa shape index (κ1) is 8.56. The highest BCUT2D eigenvalue weighted by Crippen LogP contribution is 2.43. The number of thioether (sulfide) groups is 1. The van der Waals surface area contributed by atoms with Crippen LogP contribution in [0.5, 0.6) is 5.75 Å². The summed E-state index contributed by atoms with van der Waals surface area (Å²) in [6.07, 6.45) is 0. The van der Waals surface area contributed by atoms with Crippen LogP contribution in [0.3, 0.4) is 0 Å². The van der Waals surface area contributed by atoms with Gasteiger partial charge in [-0.05, 0) is 18.6 Å².